The van der Waals surface area contributed by atoms with Gasteiger partial charge in [-0.1, -0.05) is 70.9 Å². The summed E-state index contributed by atoms with van der Waals surface area (Å²) in [5, 5.41) is 9.45. The van der Waals surface area contributed by atoms with Gasteiger partial charge in [0.25, 0.3) is 5.89 Å². The minimum atomic E-state index is -0.910. The van der Waals surface area contributed by atoms with Crippen molar-refractivity contribution in [3.8, 4) is 0 Å². The molecule has 1 aliphatic carbocycles. The molecule has 1 fully saturated rings. The lowest BCUT2D eigenvalue weighted by Gasteiger charge is -2.23. The lowest BCUT2D eigenvalue weighted by atomic mass is 10.0. The molecule has 0 spiro atoms. The number of aromatic nitrogens is 2. The highest BCUT2D eigenvalue weighted by Gasteiger charge is 2.35. The smallest absolute Gasteiger partial charge is 0.437 e. The molecular formula is C26H36N4O6. The predicted molar refractivity (Wildman–Crippen MR) is 132 cm³/mol. The summed E-state index contributed by atoms with van der Waals surface area (Å²) in [7, 11) is 0. The Hall–Kier alpha value is -3.43. The Labute approximate surface area is 210 Å². The van der Waals surface area contributed by atoms with E-state index in [1.165, 1.54) is 0 Å². The summed E-state index contributed by atoms with van der Waals surface area (Å²) < 4.78 is 11.5. The molecule has 2 aromatic rings. The van der Waals surface area contributed by atoms with Gasteiger partial charge in [0, 0.05) is 0 Å². The third-order valence-electron chi connectivity index (χ3n) is 5.78. The topological polar surface area (TPSA) is 133 Å². The number of hydrogen-bond donors (Lipinski definition) is 2. The number of alkyl carbamates (subject to hydrolysis) is 1. The Balaban J connectivity index is 1.68. The molecule has 0 radical (unpaired) electrons. The van der Waals surface area contributed by atoms with Crippen LogP contribution in [-0.2, 0) is 22.7 Å². The second-order valence-corrected chi connectivity index (χ2v) is 10.2. The minimum absolute atomic E-state index is 0.0730. The molecule has 1 heterocycles. The summed E-state index contributed by atoms with van der Waals surface area (Å²) in [5.41, 5.74) is 0.825. The summed E-state index contributed by atoms with van der Waals surface area (Å²) in [5.74, 6) is -1.53. The van der Waals surface area contributed by atoms with Gasteiger partial charge < -0.3 is 19.8 Å². The van der Waals surface area contributed by atoms with Crippen LogP contribution in [0.15, 0.2) is 39.5 Å². The number of carbonyl (C=O) groups is 3. The van der Waals surface area contributed by atoms with Crippen molar-refractivity contribution in [3.05, 3.63) is 52.3 Å². The van der Waals surface area contributed by atoms with Gasteiger partial charge >= 0.3 is 11.8 Å². The van der Waals surface area contributed by atoms with E-state index in [1.54, 1.807) is 0 Å². The van der Waals surface area contributed by atoms with Crippen LogP contribution in [0.2, 0.25) is 0 Å². The summed E-state index contributed by atoms with van der Waals surface area (Å²) in [6.07, 6.45) is 1.98. The van der Waals surface area contributed by atoms with Gasteiger partial charge in [-0.2, -0.15) is 4.68 Å². The molecule has 3 rings (SSSR count). The molecule has 0 bridgehead atoms. The fraction of sp³-hybridized carbons (Fsp3) is 0.577. The molecule has 196 valence electrons. The number of amides is 2. The highest BCUT2D eigenvalue weighted by Crippen LogP contribution is 2.34. The quantitative estimate of drug-likeness (QED) is 0.403. The van der Waals surface area contributed by atoms with Gasteiger partial charge in [0.05, 0.1) is 12.6 Å². The summed E-state index contributed by atoms with van der Waals surface area (Å²) in [6.45, 7) is 8.10. The van der Waals surface area contributed by atoms with Crippen LogP contribution in [-0.4, -0.2) is 39.6 Å². The summed E-state index contributed by atoms with van der Waals surface area (Å²) in [4.78, 5) is 50.9. The third-order valence-corrected chi connectivity index (χ3v) is 5.78. The zero-order valence-electron chi connectivity index (χ0n) is 21.4. The average molecular weight is 501 g/mol. The van der Waals surface area contributed by atoms with Gasteiger partial charge in [-0.25, -0.2) is 9.59 Å². The first-order valence-corrected chi connectivity index (χ1v) is 12.5. The van der Waals surface area contributed by atoms with Crippen LogP contribution in [0.5, 0.6) is 0 Å². The lowest BCUT2D eigenvalue weighted by Crippen LogP contribution is -2.52. The van der Waals surface area contributed by atoms with Crippen molar-refractivity contribution in [2.75, 3.05) is 0 Å². The molecule has 10 heteroatoms. The zero-order valence-corrected chi connectivity index (χ0v) is 21.4. The van der Waals surface area contributed by atoms with E-state index in [4.69, 9.17) is 9.15 Å². The molecule has 2 atom stereocenters. The molecule has 2 N–H and O–H groups in total. The lowest BCUT2D eigenvalue weighted by molar-refractivity contribution is -0.124. The van der Waals surface area contributed by atoms with Crippen LogP contribution in [0.25, 0.3) is 0 Å². The van der Waals surface area contributed by atoms with Gasteiger partial charge in [0.2, 0.25) is 11.7 Å². The Kier molecular flexibility index (Phi) is 9.44. The fourth-order valence-electron chi connectivity index (χ4n) is 3.82. The number of ketones is 1. The molecule has 1 saturated carbocycles. The standard InChI is InChI=1S/C26H36N4O6/c1-16(2)12-21(28-25(33)35-15-19-8-6-5-7-9-19)23(32)27-20(13-18-10-11-18)22(31)24-29-30(14-17(3)4)26(34)36-24/h5-9,16-18,20-21H,10-15H2,1-4H3,(H,27,32)(H,28,33)/t20?,21-/m0/s1. The van der Waals surface area contributed by atoms with Crippen molar-refractivity contribution in [2.24, 2.45) is 17.8 Å². The van der Waals surface area contributed by atoms with Crippen molar-refractivity contribution >= 4 is 17.8 Å². The van der Waals surface area contributed by atoms with Crippen molar-refractivity contribution in [3.63, 3.8) is 0 Å². The number of hydrogen-bond acceptors (Lipinski definition) is 7. The largest absolute Gasteiger partial charge is 0.445 e. The van der Waals surface area contributed by atoms with Crippen molar-refractivity contribution in [1.29, 1.82) is 0 Å². The Morgan fingerprint density at radius 3 is 2.36 bits per heavy atom. The van der Waals surface area contributed by atoms with Gasteiger partial charge in [-0.3, -0.25) is 9.59 Å². The summed E-state index contributed by atoms with van der Waals surface area (Å²) in [6, 6.07) is 7.42. The zero-order chi connectivity index (χ0) is 26.2. The minimum Gasteiger partial charge on any atom is -0.445 e. The number of Topliss-reactive ketones (excluding diaryl/α,β-unsaturated/α-hetero) is 1. The monoisotopic (exact) mass is 500 g/mol. The Morgan fingerprint density at radius 1 is 1.06 bits per heavy atom. The van der Waals surface area contributed by atoms with Gasteiger partial charge in [-0.15, -0.1) is 5.10 Å². The van der Waals surface area contributed by atoms with E-state index in [1.807, 2.05) is 58.0 Å². The molecule has 0 saturated heterocycles. The molecule has 10 nitrogen and oxygen atoms in total. The van der Waals surface area contributed by atoms with E-state index >= 15 is 0 Å². The van der Waals surface area contributed by atoms with Crippen LogP contribution in [0.4, 0.5) is 4.79 Å². The van der Waals surface area contributed by atoms with Crippen LogP contribution in [0.1, 0.15) is 69.6 Å². The highest BCUT2D eigenvalue weighted by atomic mass is 16.5. The summed E-state index contributed by atoms with van der Waals surface area (Å²) >= 11 is 0. The highest BCUT2D eigenvalue weighted by molar-refractivity contribution is 5.99. The molecule has 36 heavy (non-hydrogen) atoms. The maximum atomic E-state index is 13.2. The van der Waals surface area contributed by atoms with Gasteiger partial charge in [0.15, 0.2) is 0 Å². The molecular weight excluding hydrogens is 464 g/mol. The first-order valence-electron chi connectivity index (χ1n) is 12.5. The fourth-order valence-corrected chi connectivity index (χ4v) is 3.82. The maximum absolute atomic E-state index is 13.2. The maximum Gasteiger partial charge on any atom is 0.437 e. The molecule has 1 aromatic heterocycles. The normalized spacial score (nSPS) is 14.9. The van der Waals surface area contributed by atoms with E-state index in [-0.39, 0.29) is 24.3 Å². The van der Waals surface area contributed by atoms with Crippen molar-refractivity contribution < 1.29 is 23.5 Å². The molecule has 1 aliphatic rings. The van der Waals surface area contributed by atoms with Gasteiger partial charge in [-0.05, 0) is 36.2 Å². The molecule has 1 aromatic carbocycles. The van der Waals surface area contributed by atoms with Crippen LogP contribution in [0.3, 0.4) is 0 Å². The van der Waals surface area contributed by atoms with E-state index in [9.17, 15) is 19.2 Å². The number of carbonyl (C=O) groups excluding carboxylic acids is 3. The van der Waals surface area contributed by atoms with Crippen molar-refractivity contribution in [1.82, 2.24) is 20.4 Å². The average Bonchev–Trinajstić information content (AvgIpc) is 3.57. The molecule has 1 unspecified atom stereocenters. The van der Waals surface area contributed by atoms with Crippen LogP contribution < -0.4 is 16.4 Å². The Bertz CT molecular complexity index is 1090. The Morgan fingerprint density at radius 2 is 1.75 bits per heavy atom. The second-order valence-electron chi connectivity index (χ2n) is 10.2. The third kappa shape index (κ3) is 8.35. The molecule has 0 aliphatic heterocycles. The first kappa shape index (κ1) is 27.2. The van der Waals surface area contributed by atoms with E-state index in [0.29, 0.717) is 25.3 Å². The number of rotatable bonds is 13. The molecule has 2 amide bonds. The van der Waals surface area contributed by atoms with Crippen molar-refractivity contribution in [2.45, 2.75) is 78.6 Å². The van der Waals surface area contributed by atoms with E-state index in [2.05, 4.69) is 15.7 Å². The first-order chi connectivity index (χ1) is 17.1. The second kappa shape index (κ2) is 12.5. The number of nitrogens with one attached hydrogen (secondary N) is 2. The number of nitrogens with zero attached hydrogens (tertiary/aromatic N) is 2. The van der Waals surface area contributed by atoms with Crippen LogP contribution >= 0.6 is 0 Å². The van der Waals surface area contributed by atoms with Gasteiger partial charge in [0.1, 0.15) is 12.6 Å². The predicted octanol–water partition coefficient (Wildman–Crippen LogP) is 3.30. The van der Waals surface area contributed by atoms with E-state index < -0.39 is 35.6 Å². The SMILES string of the molecule is CC(C)C[C@H](NC(=O)OCc1ccccc1)C(=O)NC(CC1CC1)C(=O)c1nn(CC(C)C)c(=O)o1. The van der Waals surface area contributed by atoms with Crippen LogP contribution in [0, 0.1) is 17.8 Å². The number of ether oxygens (including phenoxy) is 1. The number of benzene rings is 1. The van der Waals surface area contributed by atoms with E-state index in [0.717, 1.165) is 23.1 Å².